The molecular weight excluding hydrogens is 264 g/mol. The third-order valence-corrected chi connectivity index (χ3v) is 2.57. The number of nitro groups is 1. The Labute approximate surface area is 113 Å². The van der Waals surface area contributed by atoms with E-state index < -0.39 is 4.92 Å². The molecule has 0 unspecified atom stereocenters. The number of rotatable bonds is 5. The number of nitrogens with zero attached hydrogens (tertiary/aromatic N) is 3. The molecule has 0 atom stereocenters. The summed E-state index contributed by atoms with van der Waals surface area (Å²) in [6.45, 7) is 0.0315. The molecule has 20 heavy (non-hydrogen) atoms. The number of hydrogen-bond acceptors (Lipinski definition) is 5. The summed E-state index contributed by atoms with van der Waals surface area (Å²) in [6.07, 6.45) is 2.89. The molecule has 1 amide bonds. The highest BCUT2D eigenvalue weighted by Gasteiger charge is 2.10. The summed E-state index contributed by atoms with van der Waals surface area (Å²) in [5.74, 6) is -0.341. The smallest absolute Gasteiger partial charge is 0.269 e. The van der Waals surface area contributed by atoms with E-state index in [1.165, 1.54) is 29.2 Å². The van der Waals surface area contributed by atoms with E-state index in [-0.39, 0.29) is 24.7 Å². The van der Waals surface area contributed by atoms with Crippen LogP contribution in [0.1, 0.15) is 10.4 Å². The maximum atomic E-state index is 11.6. The lowest BCUT2D eigenvalue weighted by atomic mass is 10.3. The van der Waals surface area contributed by atoms with Crippen LogP contribution in [-0.4, -0.2) is 38.9 Å². The van der Waals surface area contributed by atoms with Crippen LogP contribution < -0.4 is 5.32 Å². The first-order valence-corrected chi connectivity index (χ1v) is 5.80. The summed E-state index contributed by atoms with van der Waals surface area (Å²) in [6, 6.07) is 5.81. The van der Waals surface area contributed by atoms with E-state index in [2.05, 4.69) is 10.4 Å². The van der Waals surface area contributed by atoms with Crippen molar-refractivity contribution in [3.05, 3.63) is 52.3 Å². The first kappa shape index (κ1) is 13.7. The summed E-state index contributed by atoms with van der Waals surface area (Å²) >= 11 is 0. The topological polar surface area (TPSA) is 110 Å². The van der Waals surface area contributed by atoms with Gasteiger partial charge in [-0.25, -0.2) is 4.68 Å². The summed E-state index contributed by atoms with van der Waals surface area (Å²) < 4.78 is 1.44. The summed E-state index contributed by atoms with van der Waals surface area (Å²) in [5.41, 5.74) is 0.940. The van der Waals surface area contributed by atoms with E-state index in [0.717, 1.165) is 0 Å². The van der Waals surface area contributed by atoms with Gasteiger partial charge in [0, 0.05) is 24.9 Å². The molecular formula is C12H12N4O4. The molecule has 1 aromatic heterocycles. The Bertz CT molecular complexity index is 621. The van der Waals surface area contributed by atoms with E-state index >= 15 is 0 Å². The van der Waals surface area contributed by atoms with Crippen LogP contribution >= 0.6 is 0 Å². The zero-order valence-corrected chi connectivity index (χ0v) is 10.4. The molecule has 0 aliphatic carbocycles. The van der Waals surface area contributed by atoms with E-state index in [1.807, 2.05) is 0 Å². The Morgan fingerprint density at radius 2 is 2.10 bits per heavy atom. The van der Waals surface area contributed by atoms with Gasteiger partial charge >= 0.3 is 0 Å². The predicted molar refractivity (Wildman–Crippen MR) is 69.6 cm³/mol. The summed E-state index contributed by atoms with van der Waals surface area (Å²) in [5, 5.41) is 25.7. The van der Waals surface area contributed by atoms with E-state index in [4.69, 9.17) is 5.11 Å². The number of aliphatic hydroxyl groups is 1. The van der Waals surface area contributed by atoms with Crippen molar-refractivity contribution in [1.82, 2.24) is 15.1 Å². The molecule has 2 N–H and O–H groups in total. The van der Waals surface area contributed by atoms with E-state index in [0.29, 0.717) is 11.3 Å². The van der Waals surface area contributed by atoms with Crippen molar-refractivity contribution in [2.75, 3.05) is 13.2 Å². The number of nitrogens with one attached hydrogen (secondary N) is 1. The fourth-order valence-electron chi connectivity index (χ4n) is 1.58. The zero-order chi connectivity index (χ0) is 14.5. The Morgan fingerprint density at radius 3 is 2.70 bits per heavy atom. The number of benzene rings is 1. The van der Waals surface area contributed by atoms with Gasteiger partial charge in [0.25, 0.3) is 11.6 Å². The van der Waals surface area contributed by atoms with Crippen LogP contribution in [0.5, 0.6) is 0 Å². The quantitative estimate of drug-likeness (QED) is 0.610. The SMILES string of the molecule is O=C(NCCO)c1cnn(-c2ccc([N+](=O)[O-])cc2)c1. The minimum atomic E-state index is -0.485. The van der Waals surface area contributed by atoms with Crippen LogP contribution in [0.25, 0.3) is 5.69 Å². The molecule has 8 nitrogen and oxygen atoms in total. The second-order valence-corrected chi connectivity index (χ2v) is 3.93. The Hall–Kier alpha value is -2.74. The van der Waals surface area contributed by atoms with Crippen LogP contribution in [0.4, 0.5) is 5.69 Å². The largest absolute Gasteiger partial charge is 0.395 e. The highest BCUT2D eigenvalue weighted by atomic mass is 16.6. The third kappa shape index (κ3) is 2.98. The molecule has 0 radical (unpaired) electrons. The van der Waals surface area contributed by atoms with Crippen LogP contribution in [0.15, 0.2) is 36.7 Å². The first-order chi connectivity index (χ1) is 9.61. The van der Waals surface area contributed by atoms with Gasteiger partial charge in [-0.3, -0.25) is 14.9 Å². The fourth-order valence-corrected chi connectivity index (χ4v) is 1.58. The van der Waals surface area contributed by atoms with Gasteiger partial charge in [0.05, 0.1) is 29.0 Å². The van der Waals surface area contributed by atoms with Gasteiger partial charge in [-0.05, 0) is 12.1 Å². The van der Waals surface area contributed by atoms with Gasteiger partial charge in [0.1, 0.15) is 0 Å². The lowest BCUT2D eigenvalue weighted by Crippen LogP contribution is -2.25. The average molecular weight is 276 g/mol. The maximum Gasteiger partial charge on any atom is 0.269 e. The number of carbonyl (C=O) groups is 1. The molecule has 2 rings (SSSR count). The summed E-state index contributed by atoms with van der Waals surface area (Å²) in [4.78, 5) is 21.7. The van der Waals surface area contributed by atoms with Crippen LogP contribution in [0.2, 0.25) is 0 Å². The van der Waals surface area contributed by atoms with Gasteiger partial charge < -0.3 is 10.4 Å². The molecule has 2 aromatic rings. The second kappa shape index (κ2) is 5.93. The number of nitro benzene ring substituents is 1. The van der Waals surface area contributed by atoms with E-state index in [9.17, 15) is 14.9 Å². The molecule has 0 aliphatic heterocycles. The van der Waals surface area contributed by atoms with Gasteiger partial charge in [0.15, 0.2) is 0 Å². The first-order valence-electron chi connectivity index (χ1n) is 5.80. The average Bonchev–Trinajstić information content (AvgIpc) is 2.94. The Morgan fingerprint density at radius 1 is 1.40 bits per heavy atom. The minimum absolute atomic E-state index is 0.0122. The van der Waals surface area contributed by atoms with E-state index in [1.54, 1.807) is 12.1 Å². The number of aliphatic hydroxyl groups excluding tert-OH is 1. The molecule has 0 aliphatic rings. The van der Waals surface area contributed by atoms with Crippen LogP contribution in [-0.2, 0) is 0 Å². The molecule has 0 fully saturated rings. The molecule has 0 saturated carbocycles. The van der Waals surface area contributed by atoms with Gasteiger partial charge in [-0.15, -0.1) is 0 Å². The third-order valence-electron chi connectivity index (χ3n) is 2.57. The Balaban J connectivity index is 2.16. The number of aromatic nitrogens is 2. The molecule has 0 bridgehead atoms. The van der Waals surface area contributed by atoms with Crippen molar-refractivity contribution in [1.29, 1.82) is 0 Å². The molecule has 1 heterocycles. The number of non-ortho nitro benzene ring substituents is 1. The number of carbonyl (C=O) groups excluding carboxylic acids is 1. The molecule has 0 spiro atoms. The Kier molecular flexibility index (Phi) is 4.06. The van der Waals surface area contributed by atoms with Crippen LogP contribution in [0.3, 0.4) is 0 Å². The van der Waals surface area contributed by atoms with Crippen molar-refractivity contribution >= 4 is 11.6 Å². The van der Waals surface area contributed by atoms with Gasteiger partial charge in [0.2, 0.25) is 0 Å². The van der Waals surface area contributed by atoms with Gasteiger partial charge in [-0.1, -0.05) is 0 Å². The monoisotopic (exact) mass is 276 g/mol. The second-order valence-electron chi connectivity index (χ2n) is 3.93. The highest BCUT2D eigenvalue weighted by Crippen LogP contribution is 2.15. The van der Waals surface area contributed by atoms with Crippen molar-refractivity contribution in [3.8, 4) is 5.69 Å². The van der Waals surface area contributed by atoms with Crippen molar-refractivity contribution in [2.24, 2.45) is 0 Å². The van der Waals surface area contributed by atoms with Crippen molar-refractivity contribution in [3.63, 3.8) is 0 Å². The molecule has 104 valence electrons. The van der Waals surface area contributed by atoms with Gasteiger partial charge in [-0.2, -0.15) is 5.10 Å². The normalized spacial score (nSPS) is 10.2. The number of amides is 1. The lowest BCUT2D eigenvalue weighted by molar-refractivity contribution is -0.384. The zero-order valence-electron chi connectivity index (χ0n) is 10.4. The van der Waals surface area contributed by atoms with Crippen molar-refractivity contribution in [2.45, 2.75) is 0 Å². The standard InChI is InChI=1S/C12H12N4O4/c17-6-5-13-12(18)9-7-14-15(8-9)10-1-3-11(4-2-10)16(19)20/h1-4,7-8,17H,5-6H2,(H,13,18). The lowest BCUT2D eigenvalue weighted by Gasteiger charge is -2.01. The van der Waals surface area contributed by atoms with Crippen LogP contribution in [0, 0.1) is 10.1 Å². The number of hydrogen-bond donors (Lipinski definition) is 2. The fraction of sp³-hybridized carbons (Fsp3) is 0.167. The molecule has 1 aromatic carbocycles. The van der Waals surface area contributed by atoms with Crippen molar-refractivity contribution < 1.29 is 14.8 Å². The highest BCUT2D eigenvalue weighted by molar-refractivity contribution is 5.93. The molecule has 0 saturated heterocycles. The predicted octanol–water partition coefficient (Wildman–Crippen LogP) is 0.503. The summed E-state index contributed by atoms with van der Waals surface area (Å²) in [7, 11) is 0. The minimum Gasteiger partial charge on any atom is -0.395 e. The maximum absolute atomic E-state index is 11.6. The molecule has 8 heteroatoms.